The summed E-state index contributed by atoms with van der Waals surface area (Å²) in [5, 5.41) is 4.54. The number of nitrogens with zero attached hydrogens (tertiary/aromatic N) is 4. The van der Waals surface area contributed by atoms with E-state index in [9.17, 15) is 4.79 Å². The van der Waals surface area contributed by atoms with Crippen molar-refractivity contribution in [1.82, 2.24) is 15.4 Å². The lowest BCUT2D eigenvalue weighted by Crippen LogP contribution is -2.21. The molecule has 2 rings (SSSR count). The van der Waals surface area contributed by atoms with Gasteiger partial charge in [-0.1, -0.05) is 25.6 Å². The molecule has 2 heterocycles. The number of aryl methyl sites for hydroxylation is 1. The molecular formula is C15H23N5OS. The van der Waals surface area contributed by atoms with E-state index in [0.717, 1.165) is 24.6 Å². The maximum Gasteiger partial charge on any atom is 0.250 e. The normalized spacial score (nSPS) is 15.0. The molecule has 1 saturated heterocycles. The maximum absolute atomic E-state index is 11.7. The van der Waals surface area contributed by atoms with Gasteiger partial charge in [-0.2, -0.15) is 5.10 Å². The number of anilines is 1. The van der Waals surface area contributed by atoms with Crippen LogP contribution in [-0.4, -0.2) is 40.9 Å². The maximum atomic E-state index is 11.7. The van der Waals surface area contributed by atoms with Crippen molar-refractivity contribution in [3.8, 4) is 0 Å². The van der Waals surface area contributed by atoms with Crippen molar-refractivity contribution < 1.29 is 4.79 Å². The van der Waals surface area contributed by atoms with E-state index in [0.29, 0.717) is 11.1 Å². The highest BCUT2D eigenvalue weighted by atomic mass is 32.2. The molecule has 0 saturated carbocycles. The predicted molar refractivity (Wildman–Crippen MR) is 90.4 cm³/mol. The molecule has 1 N–H and O–H groups in total. The highest BCUT2D eigenvalue weighted by Gasteiger charge is 2.15. The molecular weight excluding hydrogens is 298 g/mol. The van der Waals surface area contributed by atoms with E-state index in [1.54, 1.807) is 6.21 Å². The smallest absolute Gasteiger partial charge is 0.250 e. The van der Waals surface area contributed by atoms with E-state index in [1.807, 2.05) is 26.8 Å². The molecule has 0 spiro atoms. The Balaban J connectivity index is 1.90. The second-order valence-corrected chi connectivity index (χ2v) is 6.63. The number of thioether (sulfide) groups is 1. The minimum atomic E-state index is -0.144. The van der Waals surface area contributed by atoms with Crippen LogP contribution in [0.1, 0.15) is 32.4 Å². The summed E-state index contributed by atoms with van der Waals surface area (Å²) in [6.45, 7) is 8.06. The first kappa shape index (κ1) is 16.7. The molecule has 120 valence electrons. The van der Waals surface area contributed by atoms with E-state index in [2.05, 4.69) is 25.4 Å². The zero-order valence-corrected chi connectivity index (χ0v) is 14.2. The molecule has 0 aromatic carbocycles. The van der Waals surface area contributed by atoms with Gasteiger partial charge in [0.2, 0.25) is 0 Å². The van der Waals surface area contributed by atoms with E-state index in [1.165, 1.54) is 24.6 Å². The third-order valence-corrected chi connectivity index (χ3v) is 3.99. The van der Waals surface area contributed by atoms with Gasteiger partial charge in [-0.15, -0.1) is 0 Å². The highest BCUT2D eigenvalue weighted by Crippen LogP contribution is 2.22. The SMILES string of the molecule is Cc1cc(N2CCCC2)nc(SCC(=O)NN=CC(C)C)n1. The lowest BCUT2D eigenvalue weighted by atomic mass is 10.3. The molecule has 7 heteroatoms. The third-order valence-electron chi connectivity index (χ3n) is 3.14. The van der Waals surface area contributed by atoms with Crippen LogP contribution >= 0.6 is 11.8 Å². The molecule has 0 atom stereocenters. The lowest BCUT2D eigenvalue weighted by molar-refractivity contribution is -0.118. The average Bonchev–Trinajstić information content (AvgIpc) is 2.98. The molecule has 22 heavy (non-hydrogen) atoms. The van der Waals surface area contributed by atoms with Crippen molar-refractivity contribution >= 4 is 29.7 Å². The molecule has 0 aliphatic carbocycles. The second-order valence-electron chi connectivity index (χ2n) is 5.69. The first-order valence-electron chi connectivity index (χ1n) is 7.60. The van der Waals surface area contributed by atoms with Crippen LogP contribution in [-0.2, 0) is 4.79 Å². The van der Waals surface area contributed by atoms with Gasteiger partial charge >= 0.3 is 0 Å². The Labute approximate surface area is 135 Å². The fourth-order valence-corrected chi connectivity index (χ4v) is 2.81. The van der Waals surface area contributed by atoms with Gasteiger partial charge in [0.05, 0.1) is 5.75 Å². The largest absolute Gasteiger partial charge is 0.356 e. The van der Waals surface area contributed by atoms with Crippen molar-refractivity contribution in [3.63, 3.8) is 0 Å². The predicted octanol–water partition coefficient (Wildman–Crippen LogP) is 2.24. The number of hydrazone groups is 1. The number of hydrogen-bond acceptors (Lipinski definition) is 6. The number of carbonyl (C=O) groups excluding carboxylic acids is 1. The number of nitrogens with one attached hydrogen (secondary N) is 1. The zero-order chi connectivity index (χ0) is 15.9. The van der Waals surface area contributed by atoms with Crippen molar-refractivity contribution in [1.29, 1.82) is 0 Å². The summed E-state index contributed by atoms with van der Waals surface area (Å²) in [5.41, 5.74) is 3.44. The molecule has 0 unspecified atom stereocenters. The topological polar surface area (TPSA) is 70.5 Å². The van der Waals surface area contributed by atoms with Crippen LogP contribution in [0.3, 0.4) is 0 Å². The standard InChI is InChI=1S/C15H23N5OS/c1-11(2)9-16-19-14(21)10-22-15-17-12(3)8-13(18-15)20-6-4-5-7-20/h8-9,11H,4-7,10H2,1-3H3,(H,19,21). The monoisotopic (exact) mass is 321 g/mol. The average molecular weight is 321 g/mol. The van der Waals surface area contributed by atoms with Gasteiger partial charge in [0.15, 0.2) is 5.16 Å². The Bertz CT molecular complexity index is 541. The number of aromatic nitrogens is 2. The van der Waals surface area contributed by atoms with E-state index < -0.39 is 0 Å². The molecule has 1 fully saturated rings. The van der Waals surface area contributed by atoms with Crippen LogP contribution < -0.4 is 10.3 Å². The van der Waals surface area contributed by atoms with Crippen LogP contribution in [0.5, 0.6) is 0 Å². The van der Waals surface area contributed by atoms with E-state index in [-0.39, 0.29) is 11.7 Å². The first-order valence-corrected chi connectivity index (χ1v) is 8.58. The summed E-state index contributed by atoms with van der Waals surface area (Å²) in [7, 11) is 0. The molecule has 1 aliphatic heterocycles. The summed E-state index contributed by atoms with van der Waals surface area (Å²) in [4.78, 5) is 22.9. The second kappa shape index (κ2) is 8.12. The summed E-state index contributed by atoms with van der Waals surface area (Å²) in [6.07, 6.45) is 4.13. The van der Waals surface area contributed by atoms with Gasteiger partial charge in [0.25, 0.3) is 5.91 Å². The summed E-state index contributed by atoms with van der Waals surface area (Å²) in [5.74, 6) is 1.40. The lowest BCUT2D eigenvalue weighted by Gasteiger charge is -2.17. The number of rotatable bonds is 6. The van der Waals surface area contributed by atoms with Gasteiger partial charge in [0, 0.05) is 31.1 Å². The molecule has 1 aliphatic rings. The number of amides is 1. The van der Waals surface area contributed by atoms with Crippen LogP contribution in [0.25, 0.3) is 0 Å². The van der Waals surface area contributed by atoms with Gasteiger partial charge < -0.3 is 4.90 Å². The molecule has 1 amide bonds. The van der Waals surface area contributed by atoms with Crippen LogP contribution in [0.15, 0.2) is 16.3 Å². The van der Waals surface area contributed by atoms with Crippen LogP contribution in [0, 0.1) is 12.8 Å². The van der Waals surface area contributed by atoms with E-state index >= 15 is 0 Å². The third kappa shape index (κ3) is 5.29. The summed E-state index contributed by atoms with van der Waals surface area (Å²) in [6, 6.07) is 2.00. The van der Waals surface area contributed by atoms with E-state index in [4.69, 9.17) is 0 Å². The number of hydrogen-bond donors (Lipinski definition) is 1. The van der Waals surface area contributed by atoms with Gasteiger partial charge in [-0.05, 0) is 25.7 Å². The quantitative estimate of drug-likeness (QED) is 0.376. The van der Waals surface area contributed by atoms with Crippen molar-refractivity contribution in [2.24, 2.45) is 11.0 Å². The number of carbonyl (C=O) groups is 1. The Morgan fingerprint density at radius 1 is 1.45 bits per heavy atom. The fraction of sp³-hybridized carbons (Fsp3) is 0.600. The fourth-order valence-electron chi connectivity index (χ4n) is 2.12. The summed E-state index contributed by atoms with van der Waals surface area (Å²) < 4.78 is 0. The van der Waals surface area contributed by atoms with Crippen molar-refractivity contribution in [2.75, 3.05) is 23.7 Å². The van der Waals surface area contributed by atoms with Crippen LogP contribution in [0.2, 0.25) is 0 Å². The Morgan fingerprint density at radius 3 is 2.86 bits per heavy atom. The molecule has 1 aromatic rings. The zero-order valence-electron chi connectivity index (χ0n) is 13.4. The van der Waals surface area contributed by atoms with Crippen molar-refractivity contribution in [3.05, 3.63) is 11.8 Å². The van der Waals surface area contributed by atoms with Crippen molar-refractivity contribution in [2.45, 2.75) is 38.8 Å². The van der Waals surface area contributed by atoms with Gasteiger partial charge in [0.1, 0.15) is 5.82 Å². The minimum Gasteiger partial charge on any atom is -0.356 e. The minimum absolute atomic E-state index is 0.144. The van der Waals surface area contributed by atoms with Crippen LogP contribution in [0.4, 0.5) is 5.82 Å². The molecule has 6 nitrogen and oxygen atoms in total. The Kier molecular flexibility index (Phi) is 6.18. The van der Waals surface area contributed by atoms with Gasteiger partial charge in [-0.25, -0.2) is 15.4 Å². The molecule has 1 aromatic heterocycles. The first-order chi connectivity index (χ1) is 10.5. The highest BCUT2D eigenvalue weighted by molar-refractivity contribution is 7.99. The molecule has 0 bridgehead atoms. The summed E-state index contributed by atoms with van der Waals surface area (Å²) >= 11 is 1.34. The molecule has 0 radical (unpaired) electrons. The Morgan fingerprint density at radius 2 is 2.18 bits per heavy atom. The Hall–Kier alpha value is -1.63. The van der Waals surface area contributed by atoms with Gasteiger partial charge in [-0.3, -0.25) is 4.79 Å².